The fourth-order valence-corrected chi connectivity index (χ4v) is 2.08. The van der Waals surface area contributed by atoms with Crippen LogP contribution >= 0.6 is 33.9 Å². The van der Waals surface area contributed by atoms with E-state index in [1.165, 1.54) is 11.3 Å². The second-order valence-corrected chi connectivity index (χ2v) is 5.16. The molecule has 1 rings (SSSR count). The van der Waals surface area contributed by atoms with Crippen LogP contribution < -0.4 is 0 Å². The summed E-state index contributed by atoms with van der Waals surface area (Å²) < 4.78 is 1.07. The van der Waals surface area contributed by atoms with Crippen molar-refractivity contribution in [1.29, 1.82) is 5.26 Å². The maximum Gasteiger partial charge on any atom is 0.180 e. The molecule has 0 saturated carbocycles. The van der Waals surface area contributed by atoms with E-state index in [-0.39, 0.29) is 5.78 Å². The molecule has 0 fully saturated rings. The van der Waals surface area contributed by atoms with Crippen LogP contribution in [0.15, 0.2) is 11.4 Å². The Kier molecular flexibility index (Phi) is 3.23. The van der Waals surface area contributed by atoms with Gasteiger partial charge in [-0.25, -0.2) is 0 Å². The van der Waals surface area contributed by atoms with Crippen LogP contribution in [0.1, 0.15) is 17.3 Å². The maximum atomic E-state index is 11.4. The number of ketones is 1. The van der Waals surface area contributed by atoms with Crippen LogP contribution in [0.3, 0.4) is 0 Å². The Morgan fingerprint density at radius 3 is 2.92 bits per heavy atom. The Labute approximate surface area is 88.3 Å². The minimum atomic E-state index is -0.532. The molecule has 1 unspecified atom stereocenters. The molecule has 4 heteroatoms. The van der Waals surface area contributed by atoms with Crippen LogP contribution in [-0.2, 0) is 0 Å². The number of carbonyl (C=O) groups is 1. The molecule has 0 bridgehead atoms. The minimum absolute atomic E-state index is 0.0864. The van der Waals surface area contributed by atoms with Crippen molar-refractivity contribution in [1.82, 2.24) is 0 Å². The summed E-state index contributed by atoms with van der Waals surface area (Å²) in [4.78, 5) is 11.4. The maximum absolute atomic E-state index is 11.4. The van der Waals surface area contributed by atoms with Crippen LogP contribution in [0.4, 0.5) is 0 Å². The molecular formula is C8H6INOS. The van der Waals surface area contributed by atoms with Gasteiger partial charge in [0, 0.05) is 10.9 Å². The van der Waals surface area contributed by atoms with Gasteiger partial charge >= 0.3 is 0 Å². The molecule has 0 aromatic carbocycles. The fraction of sp³-hybridized carbons (Fsp3) is 0.250. The van der Waals surface area contributed by atoms with Crippen LogP contribution in [0.2, 0.25) is 0 Å². The van der Waals surface area contributed by atoms with Crippen molar-refractivity contribution in [3.8, 4) is 6.07 Å². The molecule has 0 amide bonds. The Hall–Kier alpha value is -0.410. The normalized spacial score (nSPS) is 12.1. The summed E-state index contributed by atoms with van der Waals surface area (Å²) in [6.07, 6.45) is 0. The first kappa shape index (κ1) is 9.68. The van der Waals surface area contributed by atoms with Crippen LogP contribution in [0.25, 0.3) is 0 Å². The van der Waals surface area contributed by atoms with E-state index in [2.05, 4.69) is 22.6 Å². The zero-order chi connectivity index (χ0) is 9.14. The van der Waals surface area contributed by atoms with Gasteiger partial charge in [-0.2, -0.15) is 5.26 Å². The first-order valence-electron chi connectivity index (χ1n) is 3.33. The summed E-state index contributed by atoms with van der Waals surface area (Å²) >= 11 is 3.67. The Morgan fingerprint density at radius 2 is 2.50 bits per heavy atom. The van der Waals surface area contributed by atoms with Gasteiger partial charge < -0.3 is 0 Å². The average Bonchev–Trinajstić information content (AvgIpc) is 2.49. The summed E-state index contributed by atoms with van der Waals surface area (Å²) in [5.74, 6) is -0.618. The Balaban J connectivity index is 2.87. The van der Waals surface area contributed by atoms with Crippen molar-refractivity contribution < 1.29 is 4.79 Å². The molecule has 1 atom stereocenters. The van der Waals surface area contributed by atoms with Crippen molar-refractivity contribution in [2.24, 2.45) is 5.92 Å². The molecule has 12 heavy (non-hydrogen) atoms. The second-order valence-electron chi connectivity index (χ2n) is 2.35. The molecule has 0 spiro atoms. The molecular weight excluding hydrogens is 285 g/mol. The van der Waals surface area contributed by atoms with E-state index >= 15 is 0 Å². The number of hydrogen-bond donors (Lipinski definition) is 0. The molecule has 0 aliphatic carbocycles. The molecule has 0 N–H and O–H groups in total. The minimum Gasteiger partial charge on any atom is -0.293 e. The molecule has 2 nitrogen and oxygen atoms in total. The van der Waals surface area contributed by atoms with E-state index in [0.29, 0.717) is 5.56 Å². The van der Waals surface area contributed by atoms with E-state index < -0.39 is 5.92 Å². The highest BCUT2D eigenvalue weighted by Gasteiger charge is 2.15. The summed E-state index contributed by atoms with van der Waals surface area (Å²) in [5.41, 5.74) is 0.651. The smallest absolute Gasteiger partial charge is 0.180 e. The topological polar surface area (TPSA) is 40.9 Å². The highest BCUT2D eigenvalue weighted by atomic mass is 127. The van der Waals surface area contributed by atoms with Crippen molar-refractivity contribution in [3.63, 3.8) is 0 Å². The van der Waals surface area contributed by atoms with E-state index in [4.69, 9.17) is 5.26 Å². The second kappa shape index (κ2) is 4.01. The van der Waals surface area contributed by atoms with Gasteiger partial charge in [-0.05, 0) is 35.6 Å². The third kappa shape index (κ3) is 2.05. The van der Waals surface area contributed by atoms with Crippen molar-refractivity contribution in [3.05, 3.63) is 19.9 Å². The first-order chi connectivity index (χ1) is 5.65. The summed E-state index contributed by atoms with van der Waals surface area (Å²) in [6.45, 7) is 1.62. The Bertz CT molecular complexity index is 339. The van der Waals surface area contributed by atoms with Crippen LogP contribution in [-0.4, -0.2) is 5.78 Å². The predicted octanol–water partition coefficient (Wildman–Crippen LogP) is 2.70. The van der Waals surface area contributed by atoms with Gasteiger partial charge in [0.05, 0.1) is 8.95 Å². The van der Waals surface area contributed by atoms with Gasteiger partial charge in [-0.15, -0.1) is 11.3 Å². The predicted molar refractivity (Wildman–Crippen MR) is 56.1 cm³/mol. The number of nitriles is 1. The molecule has 0 aliphatic heterocycles. The van der Waals surface area contributed by atoms with Gasteiger partial charge in [0.2, 0.25) is 0 Å². The fourth-order valence-electron chi connectivity index (χ4n) is 0.748. The number of Topliss-reactive ketones (excluding diaryl/α,β-unsaturated/α-hetero) is 1. The number of halogens is 1. The van der Waals surface area contributed by atoms with E-state index in [0.717, 1.165) is 2.88 Å². The zero-order valence-electron chi connectivity index (χ0n) is 6.37. The van der Waals surface area contributed by atoms with Crippen LogP contribution in [0.5, 0.6) is 0 Å². The number of carbonyl (C=O) groups excluding carboxylic acids is 1. The monoisotopic (exact) mass is 291 g/mol. The summed E-state index contributed by atoms with van der Waals surface area (Å²) in [7, 11) is 0. The molecule has 0 aliphatic rings. The highest BCUT2D eigenvalue weighted by molar-refractivity contribution is 14.1. The number of rotatable bonds is 2. The lowest BCUT2D eigenvalue weighted by Gasteiger charge is -1.96. The third-order valence-corrected chi connectivity index (χ3v) is 3.23. The first-order valence-corrected chi connectivity index (χ1v) is 5.29. The number of hydrogen-bond acceptors (Lipinski definition) is 3. The summed E-state index contributed by atoms with van der Waals surface area (Å²) in [5, 5.41) is 10.3. The van der Waals surface area contributed by atoms with Gasteiger partial charge in [-0.1, -0.05) is 0 Å². The van der Waals surface area contributed by atoms with E-state index in [1.807, 2.05) is 6.07 Å². The molecule has 1 aromatic heterocycles. The van der Waals surface area contributed by atoms with Gasteiger partial charge in [0.25, 0.3) is 0 Å². The van der Waals surface area contributed by atoms with Gasteiger partial charge in [-0.3, -0.25) is 4.79 Å². The third-order valence-electron chi connectivity index (χ3n) is 1.44. The average molecular weight is 291 g/mol. The van der Waals surface area contributed by atoms with E-state index in [9.17, 15) is 4.79 Å². The van der Waals surface area contributed by atoms with Crippen molar-refractivity contribution in [2.45, 2.75) is 6.92 Å². The lowest BCUT2D eigenvalue weighted by Crippen LogP contribution is -2.07. The molecule has 1 heterocycles. The van der Waals surface area contributed by atoms with Gasteiger partial charge in [0.1, 0.15) is 5.92 Å². The molecule has 0 saturated heterocycles. The van der Waals surface area contributed by atoms with Crippen molar-refractivity contribution >= 4 is 39.7 Å². The van der Waals surface area contributed by atoms with E-state index in [1.54, 1.807) is 18.4 Å². The number of thiophene rings is 1. The molecule has 0 radical (unpaired) electrons. The van der Waals surface area contributed by atoms with Crippen molar-refractivity contribution in [2.75, 3.05) is 0 Å². The number of nitrogens with zero attached hydrogens (tertiary/aromatic N) is 1. The molecule has 1 aromatic rings. The summed E-state index contributed by atoms with van der Waals surface area (Å²) in [6, 6.07) is 3.73. The highest BCUT2D eigenvalue weighted by Crippen LogP contribution is 2.19. The SMILES string of the molecule is CC(C#N)C(=O)c1csc(I)c1. The lowest BCUT2D eigenvalue weighted by atomic mass is 10.0. The largest absolute Gasteiger partial charge is 0.293 e. The van der Waals surface area contributed by atoms with Gasteiger partial charge in [0.15, 0.2) is 5.78 Å². The Morgan fingerprint density at radius 1 is 1.83 bits per heavy atom. The standard InChI is InChI=1S/C8H6INOS/c1-5(3-10)8(11)6-2-7(9)12-4-6/h2,4-5H,1H3. The quantitative estimate of drug-likeness (QED) is 0.621. The lowest BCUT2D eigenvalue weighted by molar-refractivity contribution is 0.0957. The zero-order valence-corrected chi connectivity index (χ0v) is 9.35. The molecule has 62 valence electrons. The van der Waals surface area contributed by atoms with Crippen LogP contribution in [0, 0.1) is 20.1 Å².